The van der Waals surface area contributed by atoms with Crippen LogP contribution in [0, 0.1) is 13.8 Å². The standard InChI is InChI=1S/C17H19Cl2N/c1-11-4-6-14(12(2)8-11)17(20-3)10-13-5-7-15(18)16(19)9-13/h4-9,17,20H,10H2,1-3H3. The van der Waals surface area contributed by atoms with Crippen LogP contribution in [0.3, 0.4) is 0 Å². The molecule has 106 valence electrons. The van der Waals surface area contributed by atoms with Crippen LogP contribution in [0.1, 0.15) is 28.3 Å². The number of hydrogen-bond donors (Lipinski definition) is 1. The van der Waals surface area contributed by atoms with E-state index in [9.17, 15) is 0 Å². The molecule has 1 nitrogen and oxygen atoms in total. The molecule has 3 heteroatoms. The van der Waals surface area contributed by atoms with Crippen LogP contribution < -0.4 is 5.32 Å². The SMILES string of the molecule is CNC(Cc1ccc(Cl)c(Cl)c1)c1ccc(C)cc1C. The zero-order valence-corrected chi connectivity index (χ0v) is 13.5. The molecule has 1 unspecified atom stereocenters. The van der Waals surface area contributed by atoms with Gasteiger partial charge < -0.3 is 5.32 Å². The van der Waals surface area contributed by atoms with Crippen molar-refractivity contribution >= 4 is 23.2 Å². The Labute approximate surface area is 130 Å². The lowest BCUT2D eigenvalue weighted by molar-refractivity contribution is 0.589. The van der Waals surface area contributed by atoms with Gasteiger partial charge in [0.1, 0.15) is 0 Å². The zero-order chi connectivity index (χ0) is 14.7. The van der Waals surface area contributed by atoms with Gasteiger partial charge in [0.2, 0.25) is 0 Å². The molecule has 2 aromatic carbocycles. The summed E-state index contributed by atoms with van der Waals surface area (Å²) in [6.07, 6.45) is 0.886. The third kappa shape index (κ3) is 3.54. The Balaban J connectivity index is 2.26. The molecule has 0 radical (unpaired) electrons. The molecule has 0 heterocycles. The molecule has 0 fully saturated rings. The Bertz CT molecular complexity index is 608. The van der Waals surface area contributed by atoms with Crippen LogP contribution in [-0.4, -0.2) is 7.05 Å². The first-order chi connectivity index (χ1) is 9.51. The molecule has 2 aromatic rings. The van der Waals surface area contributed by atoms with Crippen LogP contribution >= 0.6 is 23.2 Å². The molecule has 0 bridgehead atoms. The van der Waals surface area contributed by atoms with Crippen molar-refractivity contribution < 1.29 is 0 Å². The first-order valence-corrected chi connectivity index (χ1v) is 7.45. The highest BCUT2D eigenvalue weighted by molar-refractivity contribution is 6.42. The summed E-state index contributed by atoms with van der Waals surface area (Å²) in [5.41, 5.74) is 5.10. The van der Waals surface area contributed by atoms with Gasteiger partial charge in [0.05, 0.1) is 10.0 Å². The van der Waals surface area contributed by atoms with Gasteiger partial charge in [0.15, 0.2) is 0 Å². The Morgan fingerprint density at radius 2 is 1.75 bits per heavy atom. The second-order valence-corrected chi connectivity index (χ2v) is 5.97. The van der Waals surface area contributed by atoms with Gasteiger partial charge in [0, 0.05) is 6.04 Å². The van der Waals surface area contributed by atoms with Crippen molar-refractivity contribution in [3.8, 4) is 0 Å². The third-order valence-electron chi connectivity index (χ3n) is 3.57. The molecular weight excluding hydrogens is 289 g/mol. The normalized spacial score (nSPS) is 12.4. The van der Waals surface area contributed by atoms with Crippen LogP contribution in [-0.2, 0) is 6.42 Å². The van der Waals surface area contributed by atoms with Gasteiger partial charge in [-0.3, -0.25) is 0 Å². The van der Waals surface area contributed by atoms with E-state index in [-0.39, 0.29) is 6.04 Å². The minimum atomic E-state index is 0.271. The summed E-state index contributed by atoms with van der Waals surface area (Å²) in [6.45, 7) is 4.27. The van der Waals surface area contributed by atoms with E-state index in [0.29, 0.717) is 10.0 Å². The lowest BCUT2D eigenvalue weighted by atomic mass is 9.94. The minimum absolute atomic E-state index is 0.271. The van der Waals surface area contributed by atoms with E-state index < -0.39 is 0 Å². The highest BCUT2D eigenvalue weighted by Crippen LogP contribution is 2.27. The Hall–Kier alpha value is -1.02. The van der Waals surface area contributed by atoms with Gasteiger partial charge in [-0.2, -0.15) is 0 Å². The number of rotatable bonds is 4. The Morgan fingerprint density at radius 1 is 1.00 bits per heavy atom. The van der Waals surface area contributed by atoms with E-state index >= 15 is 0 Å². The fourth-order valence-electron chi connectivity index (χ4n) is 2.49. The van der Waals surface area contributed by atoms with Crippen molar-refractivity contribution in [1.29, 1.82) is 0 Å². The van der Waals surface area contributed by atoms with E-state index in [0.717, 1.165) is 6.42 Å². The first-order valence-electron chi connectivity index (χ1n) is 6.69. The average molecular weight is 308 g/mol. The second-order valence-electron chi connectivity index (χ2n) is 5.15. The van der Waals surface area contributed by atoms with Crippen LogP contribution in [0.2, 0.25) is 10.0 Å². The lowest BCUT2D eigenvalue weighted by Crippen LogP contribution is -2.19. The number of halogens is 2. The Morgan fingerprint density at radius 3 is 2.35 bits per heavy atom. The van der Waals surface area contributed by atoms with Gasteiger partial charge in [-0.05, 0) is 56.1 Å². The molecule has 0 aliphatic rings. The molecule has 1 atom stereocenters. The molecule has 0 spiro atoms. The van der Waals surface area contributed by atoms with Gasteiger partial charge in [0.25, 0.3) is 0 Å². The third-order valence-corrected chi connectivity index (χ3v) is 4.31. The monoisotopic (exact) mass is 307 g/mol. The fourth-order valence-corrected chi connectivity index (χ4v) is 2.81. The summed E-state index contributed by atoms with van der Waals surface area (Å²) in [4.78, 5) is 0. The number of benzene rings is 2. The molecule has 2 rings (SSSR count). The van der Waals surface area contributed by atoms with Crippen LogP contribution in [0.25, 0.3) is 0 Å². The van der Waals surface area contributed by atoms with Gasteiger partial charge in [-0.1, -0.05) is 53.0 Å². The van der Waals surface area contributed by atoms with Crippen molar-refractivity contribution in [2.75, 3.05) is 7.05 Å². The molecule has 0 saturated carbocycles. The summed E-state index contributed by atoms with van der Waals surface area (Å²) in [7, 11) is 1.99. The summed E-state index contributed by atoms with van der Waals surface area (Å²) in [5.74, 6) is 0. The molecule has 0 aromatic heterocycles. The molecular formula is C17H19Cl2N. The van der Waals surface area contributed by atoms with E-state index in [4.69, 9.17) is 23.2 Å². The quantitative estimate of drug-likeness (QED) is 0.827. The Kier molecular flexibility index (Phi) is 5.09. The summed E-state index contributed by atoms with van der Waals surface area (Å²) >= 11 is 12.0. The first kappa shape index (κ1) is 15.4. The van der Waals surface area contributed by atoms with E-state index in [1.54, 1.807) is 0 Å². The topological polar surface area (TPSA) is 12.0 Å². The molecule has 0 saturated heterocycles. The molecule has 0 aliphatic heterocycles. The van der Waals surface area contributed by atoms with Gasteiger partial charge in [-0.15, -0.1) is 0 Å². The number of hydrogen-bond acceptors (Lipinski definition) is 1. The molecule has 20 heavy (non-hydrogen) atoms. The van der Waals surface area contributed by atoms with Crippen LogP contribution in [0.5, 0.6) is 0 Å². The van der Waals surface area contributed by atoms with E-state index in [1.807, 2.05) is 25.2 Å². The number of nitrogens with one attached hydrogen (secondary N) is 1. The molecule has 0 amide bonds. The van der Waals surface area contributed by atoms with Crippen LogP contribution in [0.15, 0.2) is 36.4 Å². The van der Waals surface area contributed by atoms with E-state index in [2.05, 4.69) is 37.4 Å². The summed E-state index contributed by atoms with van der Waals surface area (Å²) in [5, 5.41) is 4.60. The van der Waals surface area contributed by atoms with Crippen molar-refractivity contribution in [3.63, 3.8) is 0 Å². The lowest BCUT2D eigenvalue weighted by Gasteiger charge is -2.19. The van der Waals surface area contributed by atoms with Crippen molar-refractivity contribution in [2.24, 2.45) is 0 Å². The van der Waals surface area contributed by atoms with Gasteiger partial charge >= 0.3 is 0 Å². The minimum Gasteiger partial charge on any atom is -0.313 e. The largest absolute Gasteiger partial charge is 0.313 e. The van der Waals surface area contributed by atoms with Crippen LogP contribution in [0.4, 0.5) is 0 Å². The molecule has 0 aliphatic carbocycles. The summed E-state index contributed by atoms with van der Waals surface area (Å²) in [6, 6.07) is 12.7. The zero-order valence-electron chi connectivity index (χ0n) is 12.0. The number of aryl methyl sites for hydroxylation is 2. The average Bonchev–Trinajstić information content (AvgIpc) is 2.41. The maximum absolute atomic E-state index is 6.09. The van der Waals surface area contributed by atoms with Gasteiger partial charge in [-0.25, -0.2) is 0 Å². The van der Waals surface area contributed by atoms with E-state index in [1.165, 1.54) is 22.3 Å². The fraction of sp³-hybridized carbons (Fsp3) is 0.294. The summed E-state index contributed by atoms with van der Waals surface area (Å²) < 4.78 is 0. The molecule has 1 N–H and O–H groups in total. The van der Waals surface area contributed by atoms with Crippen molar-refractivity contribution in [1.82, 2.24) is 5.32 Å². The smallest absolute Gasteiger partial charge is 0.0595 e. The second kappa shape index (κ2) is 6.62. The highest BCUT2D eigenvalue weighted by atomic mass is 35.5. The van der Waals surface area contributed by atoms with Crippen molar-refractivity contribution in [3.05, 3.63) is 68.7 Å². The predicted molar refractivity (Wildman–Crippen MR) is 87.9 cm³/mol. The number of likely N-dealkylation sites (N-methyl/N-ethyl adjacent to an activating group) is 1. The van der Waals surface area contributed by atoms with Crippen molar-refractivity contribution in [2.45, 2.75) is 26.3 Å². The highest BCUT2D eigenvalue weighted by Gasteiger charge is 2.13. The maximum atomic E-state index is 6.09. The maximum Gasteiger partial charge on any atom is 0.0595 e. The predicted octanol–water partition coefficient (Wildman–Crippen LogP) is 5.11.